The summed E-state index contributed by atoms with van der Waals surface area (Å²) in [6, 6.07) is 8.01. The predicted molar refractivity (Wildman–Crippen MR) is 77.2 cm³/mol. The van der Waals surface area contributed by atoms with Crippen LogP contribution >= 0.6 is 0 Å². The maximum absolute atomic E-state index is 10.6. The zero-order chi connectivity index (χ0) is 14.1. The van der Waals surface area contributed by atoms with Gasteiger partial charge in [0, 0.05) is 12.0 Å². The Kier molecular flexibility index (Phi) is 3.88. The van der Waals surface area contributed by atoms with Crippen LogP contribution in [0.15, 0.2) is 24.3 Å². The van der Waals surface area contributed by atoms with E-state index in [1.165, 1.54) is 0 Å². The quantitative estimate of drug-likeness (QED) is 0.880. The molecular formula is C16H25NO2. The van der Waals surface area contributed by atoms with Gasteiger partial charge >= 0.3 is 0 Å². The zero-order valence-corrected chi connectivity index (χ0v) is 12.1. The molecule has 3 heteroatoms. The largest absolute Gasteiger partial charge is 0.493 e. The van der Waals surface area contributed by atoms with E-state index in [-0.39, 0.29) is 10.8 Å². The number of nitrogens with two attached hydrogens (primary N) is 1. The summed E-state index contributed by atoms with van der Waals surface area (Å²) in [5, 5.41) is 10.6. The molecule has 1 heterocycles. The molecule has 3 nitrogen and oxygen atoms in total. The van der Waals surface area contributed by atoms with E-state index >= 15 is 0 Å². The molecule has 1 aromatic rings. The van der Waals surface area contributed by atoms with Gasteiger partial charge in [-0.1, -0.05) is 39.0 Å². The molecule has 0 saturated heterocycles. The van der Waals surface area contributed by atoms with Gasteiger partial charge < -0.3 is 15.6 Å². The number of rotatable bonds is 3. The lowest BCUT2D eigenvalue weighted by Gasteiger charge is -2.42. The second-order valence-corrected chi connectivity index (χ2v) is 6.92. The predicted octanol–water partition coefficient (Wildman–Crippen LogP) is 2.36. The first-order chi connectivity index (χ1) is 8.86. The zero-order valence-electron chi connectivity index (χ0n) is 12.1. The maximum Gasteiger partial charge on any atom is 0.122 e. The lowest BCUT2D eigenvalue weighted by Crippen LogP contribution is -2.51. The van der Waals surface area contributed by atoms with Crippen molar-refractivity contribution in [2.45, 2.75) is 39.7 Å². The molecule has 2 atom stereocenters. The lowest BCUT2D eigenvalue weighted by molar-refractivity contribution is -0.0347. The number of aliphatic hydroxyl groups is 1. The Morgan fingerprint density at radius 2 is 2.05 bits per heavy atom. The summed E-state index contributed by atoms with van der Waals surface area (Å²) in [5.41, 5.74) is 6.84. The molecular weight excluding hydrogens is 238 g/mol. The van der Waals surface area contributed by atoms with Crippen molar-refractivity contribution in [3.05, 3.63) is 29.8 Å². The van der Waals surface area contributed by atoms with Gasteiger partial charge in [-0.25, -0.2) is 0 Å². The Bertz CT molecular complexity index is 439. The first-order valence-corrected chi connectivity index (χ1v) is 6.95. The molecule has 1 aliphatic heterocycles. The fourth-order valence-corrected chi connectivity index (χ4v) is 2.72. The third-order valence-corrected chi connectivity index (χ3v) is 3.95. The third-order valence-electron chi connectivity index (χ3n) is 3.95. The van der Waals surface area contributed by atoms with Gasteiger partial charge in [-0.3, -0.25) is 0 Å². The third kappa shape index (κ3) is 3.10. The molecule has 0 aromatic heterocycles. The number of hydrogen-bond acceptors (Lipinski definition) is 3. The van der Waals surface area contributed by atoms with E-state index in [4.69, 9.17) is 10.5 Å². The van der Waals surface area contributed by atoms with E-state index in [1.54, 1.807) is 0 Å². The van der Waals surface area contributed by atoms with Crippen LogP contribution in [-0.2, 0) is 6.42 Å². The molecule has 0 fully saturated rings. The van der Waals surface area contributed by atoms with Crippen molar-refractivity contribution in [2.24, 2.45) is 16.6 Å². The second kappa shape index (κ2) is 5.14. The second-order valence-electron chi connectivity index (χ2n) is 6.92. The number of ether oxygens (including phenoxy) is 1. The molecule has 2 rings (SSSR count). The number of fused-ring (bicyclic) bond motifs is 1. The van der Waals surface area contributed by atoms with Crippen LogP contribution in [0, 0.1) is 10.8 Å². The van der Waals surface area contributed by atoms with Crippen molar-refractivity contribution < 1.29 is 9.84 Å². The van der Waals surface area contributed by atoms with Crippen LogP contribution in [0.1, 0.15) is 32.8 Å². The van der Waals surface area contributed by atoms with E-state index in [0.29, 0.717) is 13.2 Å². The summed E-state index contributed by atoms with van der Waals surface area (Å²) >= 11 is 0. The van der Waals surface area contributed by atoms with E-state index in [0.717, 1.165) is 24.2 Å². The fraction of sp³-hybridized carbons (Fsp3) is 0.625. The number of benzene rings is 1. The van der Waals surface area contributed by atoms with Crippen LogP contribution in [0.25, 0.3) is 0 Å². The highest BCUT2D eigenvalue weighted by Gasteiger charge is 2.42. The first-order valence-electron chi connectivity index (χ1n) is 6.95. The summed E-state index contributed by atoms with van der Waals surface area (Å²) < 4.78 is 5.83. The highest BCUT2D eigenvalue weighted by Crippen LogP contribution is 2.39. The van der Waals surface area contributed by atoms with Crippen molar-refractivity contribution in [3.8, 4) is 5.75 Å². The fourth-order valence-electron chi connectivity index (χ4n) is 2.72. The summed E-state index contributed by atoms with van der Waals surface area (Å²) in [6.07, 6.45) is 1.08. The molecule has 0 spiro atoms. The molecule has 0 radical (unpaired) electrons. The standard InChI is InChI=1S/C16H25NO2/c1-15(2,3)9-14(18)16(10-17)8-12-6-4-5-7-13(12)19-11-16/h4-7,14,18H,8-11,17H2,1-3H3. The van der Waals surface area contributed by atoms with Crippen LogP contribution in [0.3, 0.4) is 0 Å². The van der Waals surface area contributed by atoms with Crippen LogP contribution in [0.5, 0.6) is 5.75 Å². The Morgan fingerprint density at radius 3 is 2.68 bits per heavy atom. The van der Waals surface area contributed by atoms with Gasteiger partial charge in [0.1, 0.15) is 5.75 Å². The van der Waals surface area contributed by atoms with E-state index in [2.05, 4.69) is 26.8 Å². The van der Waals surface area contributed by atoms with Gasteiger partial charge in [-0.2, -0.15) is 0 Å². The molecule has 0 aliphatic carbocycles. The van der Waals surface area contributed by atoms with Crippen molar-refractivity contribution in [2.75, 3.05) is 13.2 Å². The molecule has 1 aromatic carbocycles. The summed E-state index contributed by atoms with van der Waals surface area (Å²) in [6.45, 7) is 7.35. The van der Waals surface area contributed by atoms with Gasteiger partial charge in [0.05, 0.1) is 12.7 Å². The molecule has 0 bridgehead atoms. The van der Waals surface area contributed by atoms with Crippen molar-refractivity contribution in [3.63, 3.8) is 0 Å². The van der Waals surface area contributed by atoms with Crippen molar-refractivity contribution in [1.29, 1.82) is 0 Å². The van der Waals surface area contributed by atoms with Crippen LogP contribution in [0.4, 0.5) is 0 Å². The lowest BCUT2D eigenvalue weighted by atomic mass is 9.71. The van der Waals surface area contributed by atoms with E-state index < -0.39 is 6.10 Å². The Morgan fingerprint density at radius 1 is 1.37 bits per heavy atom. The molecule has 0 amide bonds. The Balaban J connectivity index is 2.21. The SMILES string of the molecule is CC(C)(C)CC(O)C1(CN)COc2ccccc2C1. The highest BCUT2D eigenvalue weighted by molar-refractivity contribution is 5.36. The Labute approximate surface area is 115 Å². The monoisotopic (exact) mass is 263 g/mol. The molecule has 1 aliphatic rings. The minimum atomic E-state index is -0.439. The molecule has 106 valence electrons. The topological polar surface area (TPSA) is 55.5 Å². The van der Waals surface area contributed by atoms with Gasteiger partial charge in [0.2, 0.25) is 0 Å². The molecule has 0 saturated carbocycles. The normalized spacial score (nSPS) is 24.5. The smallest absolute Gasteiger partial charge is 0.122 e. The van der Waals surface area contributed by atoms with Crippen LogP contribution in [-0.4, -0.2) is 24.4 Å². The molecule has 3 N–H and O–H groups in total. The summed E-state index contributed by atoms with van der Waals surface area (Å²) in [4.78, 5) is 0. The van der Waals surface area contributed by atoms with E-state index in [9.17, 15) is 5.11 Å². The average molecular weight is 263 g/mol. The van der Waals surface area contributed by atoms with Gasteiger partial charge in [0.25, 0.3) is 0 Å². The first kappa shape index (κ1) is 14.4. The Hall–Kier alpha value is -1.06. The van der Waals surface area contributed by atoms with Gasteiger partial charge in [-0.15, -0.1) is 0 Å². The van der Waals surface area contributed by atoms with Gasteiger partial charge in [-0.05, 0) is 29.9 Å². The van der Waals surface area contributed by atoms with Gasteiger partial charge in [0.15, 0.2) is 0 Å². The minimum Gasteiger partial charge on any atom is -0.493 e. The average Bonchev–Trinajstić information content (AvgIpc) is 2.36. The molecule has 2 unspecified atom stereocenters. The van der Waals surface area contributed by atoms with Crippen molar-refractivity contribution >= 4 is 0 Å². The maximum atomic E-state index is 10.6. The van der Waals surface area contributed by atoms with Crippen LogP contribution in [0.2, 0.25) is 0 Å². The molecule has 19 heavy (non-hydrogen) atoms. The minimum absolute atomic E-state index is 0.0819. The number of aliphatic hydroxyl groups excluding tert-OH is 1. The van der Waals surface area contributed by atoms with E-state index in [1.807, 2.05) is 18.2 Å². The summed E-state index contributed by atoms with van der Waals surface area (Å²) in [7, 11) is 0. The van der Waals surface area contributed by atoms with Crippen LogP contribution < -0.4 is 10.5 Å². The highest BCUT2D eigenvalue weighted by atomic mass is 16.5. The summed E-state index contributed by atoms with van der Waals surface area (Å²) in [5.74, 6) is 0.925. The van der Waals surface area contributed by atoms with Crippen molar-refractivity contribution in [1.82, 2.24) is 0 Å². The number of hydrogen-bond donors (Lipinski definition) is 2. The number of para-hydroxylation sites is 1.